The molecule has 1 amide bonds. The highest BCUT2D eigenvalue weighted by molar-refractivity contribution is 9.10. The van der Waals surface area contributed by atoms with E-state index in [-0.39, 0.29) is 17.5 Å². The number of methoxy groups -OCH3 is 2. The zero-order chi connectivity index (χ0) is 17.7. The molecule has 24 heavy (non-hydrogen) atoms. The molecule has 0 radical (unpaired) electrons. The largest absolute Gasteiger partial charge is 0.495 e. The van der Waals surface area contributed by atoms with Gasteiger partial charge in [-0.3, -0.25) is 4.79 Å². The van der Waals surface area contributed by atoms with Gasteiger partial charge in [0.2, 0.25) is 0 Å². The van der Waals surface area contributed by atoms with Crippen LogP contribution in [0.2, 0.25) is 0 Å². The second kappa shape index (κ2) is 8.37. The highest BCUT2D eigenvalue weighted by atomic mass is 79.9. The van der Waals surface area contributed by atoms with Gasteiger partial charge in [0, 0.05) is 6.04 Å². The number of hydrogen-bond acceptors (Lipinski definition) is 5. The fourth-order valence-corrected chi connectivity index (χ4v) is 3.21. The predicted molar refractivity (Wildman–Crippen MR) is 92.5 cm³/mol. The van der Waals surface area contributed by atoms with Crippen molar-refractivity contribution in [2.75, 3.05) is 14.2 Å². The van der Waals surface area contributed by atoms with Gasteiger partial charge in [0.15, 0.2) is 6.10 Å². The Balaban J connectivity index is 2.04. The van der Waals surface area contributed by atoms with Gasteiger partial charge in [-0.05, 0) is 47.8 Å². The Kier molecular flexibility index (Phi) is 6.48. The minimum absolute atomic E-state index is 0.187. The maximum absolute atomic E-state index is 12.3. The Morgan fingerprint density at radius 3 is 2.21 bits per heavy atom. The molecular weight excluding hydrogens is 378 g/mol. The quantitative estimate of drug-likeness (QED) is 0.743. The van der Waals surface area contributed by atoms with E-state index in [2.05, 4.69) is 21.2 Å². The Morgan fingerprint density at radius 2 is 1.71 bits per heavy atom. The smallest absolute Gasteiger partial charge is 0.339 e. The summed E-state index contributed by atoms with van der Waals surface area (Å²) < 4.78 is 16.3. The van der Waals surface area contributed by atoms with Gasteiger partial charge in [-0.2, -0.15) is 0 Å². The fraction of sp³-hybridized carbons (Fsp3) is 0.529. The zero-order valence-corrected chi connectivity index (χ0v) is 15.6. The van der Waals surface area contributed by atoms with Gasteiger partial charge < -0.3 is 19.5 Å². The molecule has 132 valence electrons. The molecule has 2 rings (SSSR count). The standard InChI is InChI=1S/C17H22BrNO5/c1-10(16(20)19-12-6-4-5-7-12)24-17(21)11-8-13(22-2)15(18)14(9-11)23-3/h8-10,12H,4-7H2,1-3H3,(H,19,20)/t10-/m0/s1. The number of hydrogen-bond donors (Lipinski definition) is 1. The molecule has 0 saturated heterocycles. The highest BCUT2D eigenvalue weighted by Gasteiger charge is 2.24. The van der Waals surface area contributed by atoms with E-state index in [4.69, 9.17) is 14.2 Å². The Morgan fingerprint density at radius 1 is 1.17 bits per heavy atom. The van der Waals surface area contributed by atoms with E-state index >= 15 is 0 Å². The van der Waals surface area contributed by atoms with Crippen LogP contribution in [0.15, 0.2) is 16.6 Å². The molecule has 1 fully saturated rings. The molecule has 1 atom stereocenters. The molecule has 1 saturated carbocycles. The lowest BCUT2D eigenvalue weighted by atomic mass is 10.2. The molecule has 0 heterocycles. The summed E-state index contributed by atoms with van der Waals surface area (Å²) in [6.45, 7) is 1.56. The third-order valence-electron chi connectivity index (χ3n) is 4.04. The molecule has 0 aliphatic heterocycles. The number of ether oxygens (including phenoxy) is 3. The molecule has 0 aromatic heterocycles. The molecule has 1 N–H and O–H groups in total. The van der Waals surface area contributed by atoms with Crippen molar-refractivity contribution in [1.29, 1.82) is 0 Å². The number of amides is 1. The number of nitrogens with one attached hydrogen (secondary N) is 1. The lowest BCUT2D eigenvalue weighted by Crippen LogP contribution is -2.40. The SMILES string of the molecule is COc1cc(C(=O)O[C@@H](C)C(=O)NC2CCCC2)cc(OC)c1Br. The molecule has 1 aromatic rings. The minimum atomic E-state index is -0.862. The van der Waals surface area contributed by atoms with Crippen LogP contribution in [0, 0.1) is 0 Å². The Hall–Kier alpha value is -1.76. The summed E-state index contributed by atoms with van der Waals surface area (Å²) in [7, 11) is 2.98. The van der Waals surface area contributed by atoms with Crippen LogP contribution in [0.3, 0.4) is 0 Å². The van der Waals surface area contributed by atoms with Crippen LogP contribution in [0.25, 0.3) is 0 Å². The zero-order valence-electron chi connectivity index (χ0n) is 14.1. The van der Waals surface area contributed by atoms with Crippen molar-refractivity contribution in [2.45, 2.75) is 44.8 Å². The molecule has 1 aliphatic carbocycles. The van der Waals surface area contributed by atoms with Crippen molar-refractivity contribution >= 4 is 27.8 Å². The van der Waals surface area contributed by atoms with Gasteiger partial charge in [0.05, 0.1) is 19.8 Å². The second-order valence-corrected chi connectivity index (χ2v) is 6.53. The van der Waals surface area contributed by atoms with Gasteiger partial charge in [-0.15, -0.1) is 0 Å². The van der Waals surface area contributed by atoms with Crippen molar-refractivity contribution in [3.8, 4) is 11.5 Å². The average Bonchev–Trinajstić information content (AvgIpc) is 3.07. The summed E-state index contributed by atoms with van der Waals surface area (Å²) in [6, 6.07) is 3.26. The molecule has 6 nitrogen and oxygen atoms in total. The normalized spacial score (nSPS) is 15.7. The number of esters is 1. The molecule has 0 unspecified atom stereocenters. The Bertz CT molecular complexity index is 588. The average molecular weight is 400 g/mol. The van der Waals surface area contributed by atoms with E-state index < -0.39 is 12.1 Å². The van der Waals surface area contributed by atoms with E-state index in [1.807, 2.05) is 0 Å². The molecule has 1 aliphatic rings. The summed E-state index contributed by atoms with van der Waals surface area (Å²) in [5.74, 6) is 0.0215. The van der Waals surface area contributed by atoms with Crippen molar-refractivity contribution in [3.05, 3.63) is 22.2 Å². The number of benzene rings is 1. The highest BCUT2D eigenvalue weighted by Crippen LogP contribution is 2.35. The van der Waals surface area contributed by atoms with Gasteiger partial charge in [0.1, 0.15) is 16.0 Å². The number of rotatable bonds is 6. The number of carbonyl (C=O) groups excluding carboxylic acids is 2. The molecule has 1 aromatic carbocycles. The monoisotopic (exact) mass is 399 g/mol. The first kappa shape index (κ1) is 18.6. The van der Waals surface area contributed by atoms with Crippen LogP contribution in [-0.2, 0) is 9.53 Å². The van der Waals surface area contributed by atoms with Crippen LogP contribution in [-0.4, -0.2) is 38.2 Å². The first-order valence-electron chi connectivity index (χ1n) is 7.89. The lowest BCUT2D eigenvalue weighted by Gasteiger charge is -2.17. The van der Waals surface area contributed by atoms with Crippen LogP contribution < -0.4 is 14.8 Å². The van der Waals surface area contributed by atoms with Crippen molar-refractivity contribution in [1.82, 2.24) is 5.32 Å². The maximum Gasteiger partial charge on any atom is 0.339 e. The molecule has 0 spiro atoms. The molecule has 7 heteroatoms. The van der Waals surface area contributed by atoms with Crippen LogP contribution >= 0.6 is 15.9 Å². The third kappa shape index (κ3) is 4.41. The summed E-state index contributed by atoms with van der Waals surface area (Å²) in [5, 5.41) is 2.92. The van der Waals surface area contributed by atoms with Gasteiger partial charge in [-0.25, -0.2) is 4.79 Å². The number of halogens is 1. The van der Waals surface area contributed by atoms with E-state index in [1.165, 1.54) is 26.4 Å². The van der Waals surface area contributed by atoms with Crippen LogP contribution in [0.5, 0.6) is 11.5 Å². The van der Waals surface area contributed by atoms with Crippen molar-refractivity contribution in [2.24, 2.45) is 0 Å². The van der Waals surface area contributed by atoms with E-state index in [1.54, 1.807) is 6.92 Å². The van der Waals surface area contributed by atoms with E-state index in [0.717, 1.165) is 25.7 Å². The summed E-state index contributed by atoms with van der Waals surface area (Å²) in [5.41, 5.74) is 0.257. The summed E-state index contributed by atoms with van der Waals surface area (Å²) >= 11 is 3.34. The van der Waals surface area contributed by atoms with Crippen molar-refractivity contribution in [3.63, 3.8) is 0 Å². The first-order valence-corrected chi connectivity index (χ1v) is 8.68. The third-order valence-corrected chi connectivity index (χ3v) is 4.82. The fourth-order valence-electron chi connectivity index (χ4n) is 2.66. The second-order valence-electron chi connectivity index (χ2n) is 5.73. The molecular formula is C17H22BrNO5. The lowest BCUT2D eigenvalue weighted by molar-refractivity contribution is -0.129. The minimum Gasteiger partial charge on any atom is -0.495 e. The summed E-state index contributed by atoms with van der Waals surface area (Å²) in [4.78, 5) is 24.4. The van der Waals surface area contributed by atoms with Gasteiger partial charge in [-0.1, -0.05) is 12.8 Å². The first-order chi connectivity index (χ1) is 11.5. The van der Waals surface area contributed by atoms with Crippen LogP contribution in [0.1, 0.15) is 43.0 Å². The maximum atomic E-state index is 12.3. The molecule has 0 bridgehead atoms. The van der Waals surface area contributed by atoms with E-state index in [9.17, 15) is 9.59 Å². The summed E-state index contributed by atoms with van der Waals surface area (Å²) in [6.07, 6.45) is 3.34. The van der Waals surface area contributed by atoms with Gasteiger partial charge in [0.25, 0.3) is 5.91 Å². The predicted octanol–water partition coefficient (Wildman–Crippen LogP) is 3.07. The topological polar surface area (TPSA) is 73.9 Å². The van der Waals surface area contributed by atoms with Gasteiger partial charge >= 0.3 is 5.97 Å². The van der Waals surface area contributed by atoms with Crippen LogP contribution in [0.4, 0.5) is 0 Å². The number of carbonyl (C=O) groups is 2. The van der Waals surface area contributed by atoms with Crippen molar-refractivity contribution < 1.29 is 23.8 Å². The Labute approximate surface area is 150 Å². The van der Waals surface area contributed by atoms with E-state index in [0.29, 0.717) is 16.0 Å².